The Morgan fingerprint density at radius 3 is 2.69 bits per heavy atom. The Bertz CT molecular complexity index is 432. The predicted octanol–water partition coefficient (Wildman–Crippen LogP) is 0.915. The smallest absolute Gasteiger partial charge is 0.408 e. The number of carbonyl (C=O) groups is 1. The van der Waals surface area contributed by atoms with Crippen LogP contribution in [-0.4, -0.2) is 28.5 Å². The topological polar surface area (TPSA) is 64.1 Å². The first kappa shape index (κ1) is 12.3. The molecule has 1 aromatic rings. The summed E-state index contributed by atoms with van der Waals surface area (Å²) in [4.78, 5) is 22.4. The van der Waals surface area contributed by atoms with Gasteiger partial charge in [-0.25, -0.2) is 9.48 Å². The van der Waals surface area contributed by atoms with Crippen molar-refractivity contribution in [1.82, 2.24) is 9.78 Å². The number of alkyl halides is 3. The van der Waals surface area contributed by atoms with Crippen LogP contribution in [0.5, 0.6) is 0 Å². The zero-order chi connectivity index (χ0) is 12.3. The van der Waals surface area contributed by atoms with Gasteiger partial charge in [0.05, 0.1) is 6.61 Å². The van der Waals surface area contributed by atoms with Gasteiger partial charge in [0.25, 0.3) is 5.56 Å². The van der Waals surface area contributed by atoms with E-state index in [2.05, 4.69) is 9.84 Å². The minimum Gasteiger partial charge on any atom is -0.462 e. The number of H-pyrrole nitrogens is 1. The highest BCUT2D eigenvalue weighted by Crippen LogP contribution is 2.15. The molecule has 0 saturated heterocycles. The van der Waals surface area contributed by atoms with Crippen LogP contribution in [0.3, 0.4) is 0 Å². The summed E-state index contributed by atoms with van der Waals surface area (Å²) in [6.45, 7) is 0.104. The summed E-state index contributed by atoms with van der Waals surface area (Å²) in [7, 11) is 0. The largest absolute Gasteiger partial charge is 0.462 e. The number of aromatic amines is 1. The third-order valence-electron chi connectivity index (χ3n) is 1.67. The van der Waals surface area contributed by atoms with Gasteiger partial charge in [-0.1, -0.05) is 0 Å². The molecule has 0 aromatic carbocycles. The Morgan fingerprint density at radius 1 is 1.56 bits per heavy atom. The van der Waals surface area contributed by atoms with Crippen molar-refractivity contribution >= 4 is 5.97 Å². The van der Waals surface area contributed by atoms with Crippen LogP contribution in [0.4, 0.5) is 13.2 Å². The number of nitrogens with zero attached hydrogens (tertiary/aromatic N) is 1. The first-order valence-corrected chi connectivity index (χ1v) is 4.37. The van der Waals surface area contributed by atoms with Gasteiger partial charge in [0.15, 0.2) is 0 Å². The number of halogens is 3. The summed E-state index contributed by atoms with van der Waals surface area (Å²) in [5.74, 6) is -0.940. The standard InChI is InChI=1S/C8H9F3N2O3/c1-2-16-7(15)5-3-12-13(6(5)14)4-8(9,10)11/h3,12H,2,4H2,1H3. The zero-order valence-electron chi connectivity index (χ0n) is 8.30. The molecule has 0 amide bonds. The molecule has 0 saturated carbocycles. The van der Waals surface area contributed by atoms with E-state index in [9.17, 15) is 22.8 Å². The summed E-state index contributed by atoms with van der Waals surface area (Å²) in [6.07, 6.45) is -3.63. The van der Waals surface area contributed by atoms with Crippen molar-refractivity contribution in [3.05, 3.63) is 22.1 Å². The van der Waals surface area contributed by atoms with E-state index in [0.29, 0.717) is 4.68 Å². The van der Waals surface area contributed by atoms with Crippen molar-refractivity contribution < 1.29 is 22.7 Å². The molecule has 1 N–H and O–H groups in total. The molecule has 0 aliphatic carbocycles. The number of esters is 1. The number of aromatic nitrogens is 2. The number of rotatable bonds is 3. The number of hydrogen-bond donors (Lipinski definition) is 1. The lowest BCUT2D eigenvalue weighted by Gasteiger charge is -2.05. The van der Waals surface area contributed by atoms with Gasteiger partial charge >= 0.3 is 12.1 Å². The van der Waals surface area contributed by atoms with Crippen LogP contribution >= 0.6 is 0 Å². The van der Waals surface area contributed by atoms with Crippen molar-refractivity contribution in [1.29, 1.82) is 0 Å². The number of carbonyl (C=O) groups excluding carboxylic acids is 1. The monoisotopic (exact) mass is 238 g/mol. The molecule has 0 spiro atoms. The molecule has 1 rings (SSSR count). The lowest BCUT2D eigenvalue weighted by molar-refractivity contribution is -0.143. The van der Waals surface area contributed by atoms with Gasteiger partial charge in [0.1, 0.15) is 12.1 Å². The molecule has 0 radical (unpaired) electrons. The highest BCUT2D eigenvalue weighted by atomic mass is 19.4. The molecule has 0 aliphatic rings. The van der Waals surface area contributed by atoms with E-state index in [-0.39, 0.29) is 6.61 Å². The van der Waals surface area contributed by atoms with E-state index in [1.165, 1.54) is 6.92 Å². The minimum absolute atomic E-state index is 0.0444. The Balaban J connectivity index is 2.93. The summed E-state index contributed by atoms with van der Waals surface area (Å²) in [5, 5.41) is 2.05. The maximum atomic E-state index is 12.0. The van der Waals surface area contributed by atoms with Gasteiger partial charge in [-0.3, -0.25) is 4.79 Å². The maximum absolute atomic E-state index is 12.0. The molecule has 5 nitrogen and oxygen atoms in total. The van der Waals surface area contributed by atoms with Gasteiger partial charge in [0, 0.05) is 6.20 Å². The van der Waals surface area contributed by atoms with Crippen LogP contribution < -0.4 is 5.56 Å². The van der Waals surface area contributed by atoms with E-state index in [1.807, 2.05) is 0 Å². The fraction of sp³-hybridized carbons (Fsp3) is 0.500. The molecule has 16 heavy (non-hydrogen) atoms. The Kier molecular flexibility index (Phi) is 3.41. The lowest BCUT2D eigenvalue weighted by Crippen LogP contribution is -2.29. The van der Waals surface area contributed by atoms with E-state index >= 15 is 0 Å². The molecule has 90 valence electrons. The van der Waals surface area contributed by atoms with E-state index in [4.69, 9.17) is 0 Å². The average Bonchev–Trinajstić information content (AvgIpc) is 2.46. The molecule has 0 atom stereocenters. The Morgan fingerprint density at radius 2 is 2.19 bits per heavy atom. The first-order chi connectivity index (χ1) is 7.35. The van der Waals surface area contributed by atoms with Crippen LogP contribution in [0.15, 0.2) is 11.0 Å². The van der Waals surface area contributed by atoms with Crippen molar-refractivity contribution in [3.8, 4) is 0 Å². The molecule has 0 aliphatic heterocycles. The highest BCUT2D eigenvalue weighted by Gasteiger charge is 2.30. The Labute approximate surface area is 87.8 Å². The molecule has 0 unspecified atom stereocenters. The highest BCUT2D eigenvalue weighted by molar-refractivity contribution is 5.88. The van der Waals surface area contributed by atoms with Crippen LogP contribution in [0.2, 0.25) is 0 Å². The number of hydrogen-bond acceptors (Lipinski definition) is 3. The number of nitrogens with one attached hydrogen (secondary N) is 1. The fourth-order valence-corrected chi connectivity index (χ4v) is 1.06. The van der Waals surface area contributed by atoms with Crippen molar-refractivity contribution in [2.45, 2.75) is 19.6 Å². The van der Waals surface area contributed by atoms with Crippen LogP contribution in [0.25, 0.3) is 0 Å². The van der Waals surface area contributed by atoms with E-state index in [1.54, 1.807) is 0 Å². The second kappa shape index (κ2) is 4.42. The first-order valence-electron chi connectivity index (χ1n) is 4.37. The lowest BCUT2D eigenvalue weighted by atomic mass is 10.3. The summed E-state index contributed by atoms with van der Waals surface area (Å²) in [5.41, 5.74) is -1.48. The van der Waals surface area contributed by atoms with E-state index < -0.39 is 29.8 Å². The average molecular weight is 238 g/mol. The van der Waals surface area contributed by atoms with Crippen molar-refractivity contribution in [3.63, 3.8) is 0 Å². The quantitative estimate of drug-likeness (QED) is 0.796. The SMILES string of the molecule is CCOC(=O)c1c[nH]n(CC(F)(F)F)c1=O. The zero-order valence-corrected chi connectivity index (χ0v) is 8.30. The third-order valence-corrected chi connectivity index (χ3v) is 1.67. The van der Waals surface area contributed by atoms with Gasteiger partial charge in [-0.05, 0) is 6.92 Å². The molecule has 1 heterocycles. The van der Waals surface area contributed by atoms with Gasteiger partial charge < -0.3 is 9.84 Å². The van der Waals surface area contributed by atoms with Crippen molar-refractivity contribution in [2.75, 3.05) is 6.61 Å². The van der Waals surface area contributed by atoms with Crippen molar-refractivity contribution in [2.24, 2.45) is 0 Å². The summed E-state index contributed by atoms with van der Waals surface area (Å²) in [6, 6.07) is 0. The fourth-order valence-electron chi connectivity index (χ4n) is 1.06. The third kappa shape index (κ3) is 2.88. The minimum atomic E-state index is -4.53. The molecule has 1 aromatic heterocycles. The van der Waals surface area contributed by atoms with Gasteiger partial charge in [0.2, 0.25) is 0 Å². The molecule has 8 heteroatoms. The summed E-state index contributed by atoms with van der Waals surface area (Å²) < 4.78 is 40.7. The number of ether oxygens (including phenoxy) is 1. The van der Waals surface area contributed by atoms with Crippen LogP contribution in [-0.2, 0) is 11.3 Å². The molecule has 0 fully saturated rings. The van der Waals surface area contributed by atoms with E-state index in [0.717, 1.165) is 6.20 Å². The molecular formula is C8H9F3N2O3. The predicted molar refractivity (Wildman–Crippen MR) is 47.1 cm³/mol. The molecule has 0 bridgehead atoms. The van der Waals surface area contributed by atoms with Gasteiger partial charge in [-0.15, -0.1) is 0 Å². The summed E-state index contributed by atoms with van der Waals surface area (Å²) >= 11 is 0. The van der Waals surface area contributed by atoms with Gasteiger partial charge in [-0.2, -0.15) is 13.2 Å². The molecular weight excluding hydrogens is 229 g/mol. The normalized spacial score (nSPS) is 11.5. The Hall–Kier alpha value is -1.73. The maximum Gasteiger partial charge on any atom is 0.408 e. The second-order valence-corrected chi connectivity index (χ2v) is 2.91. The van der Waals surface area contributed by atoms with Crippen LogP contribution in [0, 0.1) is 0 Å². The van der Waals surface area contributed by atoms with Crippen LogP contribution in [0.1, 0.15) is 17.3 Å². The second-order valence-electron chi connectivity index (χ2n) is 2.91.